The zero-order valence-electron chi connectivity index (χ0n) is 10.0. The molecule has 100 valence electrons. The summed E-state index contributed by atoms with van der Waals surface area (Å²) in [6.07, 6.45) is 0. The lowest BCUT2D eigenvalue weighted by Gasteiger charge is -2.10. The molecule has 0 heterocycles. The fourth-order valence-corrected chi connectivity index (χ4v) is 1.78. The molecule has 0 saturated heterocycles. The maximum atomic E-state index is 13.8. The van der Waals surface area contributed by atoms with E-state index in [0.717, 1.165) is 6.07 Å². The first-order valence-electron chi connectivity index (χ1n) is 5.51. The molecule has 0 aromatic heterocycles. The molecule has 2 rings (SSSR count). The molecule has 0 unspecified atom stereocenters. The highest BCUT2D eigenvalue weighted by atomic mass is 35.5. The Morgan fingerprint density at radius 3 is 2.60 bits per heavy atom. The van der Waals surface area contributed by atoms with Gasteiger partial charge in [-0.3, -0.25) is 0 Å². The second-order valence-electron chi connectivity index (χ2n) is 3.93. The van der Waals surface area contributed by atoms with Crippen LogP contribution in [0.5, 0.6) is 0 Å². The van der Waals surface area contributed by atoms with E-state index in [2.05, 4.69) is 5.32 Å². The van der Waals surface area contributed by atoms with Crippen molar-refractivity contribution < 1.29 is 14.3 Å². The van der Waals surface area contributed by atoms with Crippen molar-refractivity contribution in [3.63, 3.8) is 0 Å². The summed E-state index contributed by atoms with van der Waals surface area (Å²) in [5, 5.41) is 20.9. The van der Waals surface area contributed by atoms with Crippen LogP contribution in [0.15, 0.2) is 36.4 Å². The highest BCUT2D eigenvalue weighted by molar-refractivity contribution is 6.30. The van der Waals surface area contributed by atoms with Crippen LogP contribution in [0.3, 0.4) is 0 Å². The van der Waals surface area contributed by atoms with Crippen molar-refractivity contribution in [2.24, 2.45) is 0 Å². The van der Waals surface area contributed by atoms with Crippen LogP contribution in [0.25, 0.3) is 0 Å². The highest BCUT2D eigenvalue weighted by Gasteiger charge is 2.10. The predicted octanol–water partition coefficient (Wildman–Crippen LogP) is 3.79. The van der Waals surface area contributed by atoms with Crippen LogP contribution >= 0.6 is 11.6 Å². The van der Waals surface area contributed by atoms with E-state index < -0.39 is 11.8 Å². The van der Waals surface area contributed by atoms with Gasteiger partial charge in [-0.05, 0) is 36.4 Å². The molecule has 0 amide bonds. The number of nitrogens with one attached hydrogen (secondary N) is 1. The first-order valence-corrected chi connectivity index (χ1v) is 5.88. The summed E-state index contributed by atoms with van der Waals surface area (Å²) < 4.78 is 13.8. The maximum Gasteiger partial charge on any atom is 0.335 e. The number of aromatic carboxylic acids is 1. The number of carboxylic acid groups (broad SMARTS) is 1. The van der Waals surface area contributed by atoms with Gasteiger partial charge in [-0.15, -0.1) is 0 Å². The Labute approximate surface area is 119 Å². The molecule has 0 atom stereocenters. The zero-order chi connectivity index (χ0) is 14.7. The molecule has 0 bridgehead atoms. The minimum atomic E-state index is -1.21. The van der Waals surface area contributed by atoms with Crippen LogP contribution in [0.4, 0.5) is 15.8 Å². The fraction of sp³-hybridized carbons (Fsp3) is 0. The molecule has 0 saturated carbocycles. The summed E-state index contributed by atoms with van der Waals surface area (Å²) in [6, 6.07) is 9.97. The average Bonchev–Trinajstić information content (AvgIpc) is 2.41. The summed E-state index contributed by atoms with van der Waals surface area (Å²) >= 11 is 5.83. The number of carbonyl (C=O) groups is 1. The van der Waals surface area contributed by atoms with Gasteiger partial charge in [0.1, 0.15) is 11.9 Å². The molecule has 0 radical (unpaired) electrons. The monoisotopic (exact) mass is 290 g/mol. The Morgan fingerprint density at radius 2 is 2.00 bits per heavy atom. The Balaban J connectivity index is 2.38. The smallest absolute Gasteiger partial charge is 0.335 e. The Morgan fingerprint density at radius 1 is 1.25 bits per heavy atom. The first-order chi connectivity index (χ1) is 9.51. The van der Waals surface area contributed by atoms with Crippen molar-refractivity contribution in [1.29, 1.82) is 5.26 Å². The van der Waals surface area contributed by atoms with Crippen LogP contribution in [0, 0.1) is 17.1 Å². The van der Waals surface area contributed by atoms with E-state index >= 15 is 0 Å². The minimum Gasteiger partial charge on any atom is -0.478 e. The molecule has 0 aliphatic rings. The molecule has 0 aliphatic carbocycles. The van der Waals surface area contributed by atoms with Crippen LogP contribution in [0.2, 0.25) is 5.02 Å². The molecular weight excluding hydrogens is 283 g/mol. The van der Waals surface area contributed by atoms with Crippen LogP contribution < -0.4 is 5.32 Å². The van der Waals surface area contributed by atoms with Crippen molar-refractivity contribution in [2.45, 2.75) is 0 Å². The number of anilines is 2. The summed E-state index contributed by atoms with van der Waals surface area (Å²) in [5.74, 6) is -1.94. The van der Waals surface area contributed by atoms with Crippen molar-refractivity contribution in [2.75, 3.05) is 5.32 Å². The first kappa shape index (κ1) is 13.8. The number of nitriles is 1. The van der Waals surface area contributed by atoms with Gasteiger partial charge in [0.05, 0.1) is 22.5 Å². The quantitative estimate of drug-likeness (QED) is 0.902. The Kier molecular flexibility index (Phi) is 3.87. The highest BCUT2D eigenvalue weighted by Crippen LogP contribution is 2.26. The van der Waals surface area contributed by atoms with Gasteiger partial charge in [0.25, 0.3) is 0 Å². The van der Waals surface area contributed by atoms with E-state index in [1.807, 2.05) is 6.07 Å². The number of hydrogen-bond acceptors (Lipinski definition) is 3. The average molecular weight is 291 g/mol. The Hall–Kier alpha value is -2.58. The summed E-state index contributed by atoms with van der Waals surface area (Å²) in [7, 11) is 0. The van der Waals surface area contributed by atoms with E-state index in [-0.39, 0.29) is 11.3 Å². The van der Waals surface area contributed by atoms with E-state index in [1.165, 1.54) is 24.3 Å². The molecule has 4 nitrogen and oxygen atoms in total. The van der Waals surface area contributed by atoms with Gasteiger partial charge in [-0.2, -0.15) is 5.26 Å². The third kappa shape index (κ3) is 2.87. The maximum absolute atomic E-state index is 13.8. The van der Waals surface area contributed by atoms with Gasteiger partial charge in [0.2, 0.25) is 0 Å². The molecule has 2 aromatic carbocycles. The SMILES string of the molecule is N#Cc1ccc(Cl)cc1Nc1ccc(C(=O)O)cc1F. The van der Waals surface area contributed by atoms with Crippen molar-refractivity contribution in [1.82, 2.24) is 0 Å². The van der Waals surface area contributed by atoms with E-state index in [1.54, 1.807) is 6.07 Å². The number of hydrogen-bond donors (Lipinski definition) is 2. The third-order valence-corrected chi connectivity index (χ3v) is 2.82. The number of halogens is 2. The number of rotatable bonds is 3. The van der Waals surface area contributed by atoms with Crippen LogP contribution in [0.1, 0.15) is 15.9 Å². The predicted molar refractivity (Wildman–Crippen MR) is 72.8 cm³/mol. The largest absolute Gasteiger partial charge is 0.478 e. The molecule has 0 aliphatic heterocycles. The van der Waals surface area contributed by atoms with Gasteiger partial charge in [-0.25, -0.2) is 9.18 Å². The lowest BCUT2D eigenvalue weighted by Crippen LogP contribution is -2.00. The number of nitrogens with zero attached hydrogens (tertiary/aromatic N) is 1. The standard InChI is InChI=1S/C14H8ClFN2O2/c15-10-3-1-9(7-17)13(6-10)18-12-4-2-8(14(19)20)5-11(12)16/h1-6,18H,(H,19,20). The van der Waals surface area contributed by atoms with Crippen LogP contribution in [-0.2, 0) is 0 Å². The van der Waals surface area contributed by atoms with Crippen molar-refractivity contribution >= 4 is 28.9 Å². The van der Waals surface area contributed by atoms with Gasteiger partial charge in [0, 0.05) is 5.02 Å². The molecule has 0 fully saturated rings. The topological polar surface area (TPSA) is 73.1 Å². The van der Waals surface area contributed by atoms with Gasteiger partial charge in [-0.1, -0.05) is 11.6 Å². The summed E-state index contributed by atoms with van der Waals surface area (Å²) in [4.78, 5) is 10.7. The molecule has 6 heteroatoms. The van der Waals surface area contributed by atoms with Gasteiger partial charge in [0.15, 0.2) is 0 Å². The van der Waals surface area contributed by atoms with Gasteiger partial charge >= 0.3 is 5.97 Å². The van der Waals surface area contributed by atoms with E-state index in [4.69, 9.17) is 22.0 Å². The third-order valence-electron chi connectivity index (χ3n) is 2.59. The second-order valence-corrected chi connectivity index (χ2v) is 4.36. The summed E-state index contributed by atoms with van der Waals surface area (Å²) in [6.45, 7) is 0. The van der Waals surface area contributed by atoms with Crippen LogP contribution in [-0.4, -0.2) is 11.1 Å². The lowest BCUT2D eigenvalue weighted by molar-refractivity contribution is 0.0696. The fourth-order valence-electron chi connectivity index (χ4n) is 1.61. The van der Waals surface area contributed by atoms with Crippen molar-refractivity contribution in [3.8, 4) is 6.07 Å². The molecule has 20 heavy (non-hydrogen) atoms. The van der Waals surface area contributed by atoms with E-state index in [0.29, 0.717) is 16.3 Å². The minimum absolute atomic E-state index is 0.0637. The molecule has 2 N–H and O–H groups in total. The molecule has 2 aromatic rings. The van der Waals surface area contributed by atoms with Crippen molar-refractivity contribution in [3.05, 3.63) is 58.4 Å². The second kappa shape index (κ2) is 5.59. The van der Waals surface area contributed by atoms with Gasteiger partial charge < -0.3 is 10.4 Å². The zero-order valence-corrected chi connectivity index (χ0v) is 10.8. The normalized spacial score (nSPS) is 9.85. The number of benzene rings is 2. The molecular formula is C14H8ClFN2O2. The Bertz CT molecular complexity index is 726. The van der Waals surface area contributed by atoms with E-state index in [9.17, 15) is 9.18 Å². The molecule has 0 spiro atoms. The number of carboxylic acids is 1. The summed E-state index contributed by atoms with van der Waals surface area (Å²) in [5.41, 5.74) is 0.562. The lowest BCUT2D eigenvalue weighted by atomic mass is 10.1.